The molecular formula is C31H48F2N4O4. The van der Waals surface area contributed by atoms with E-state index in [2.05, 4.69) is 10.6 Å². The fourth-order valence-electron chi connectivity index (χ4n) is 5.19. The molecule has 4 N–H and O–H groups in total. The molecule has 0 spiro atoms. The molecule has 0 heterocycles. The van der Waals surface area contributed by atoms with Crippen LogP contribution in [0.5, 0.6) is 0 Å². The van der Waals surface area contributed by atoms with Gasteiger partial charge < -0.3 is 21.3 Å². The molecule has 1 aromatic rings. The lowest BCUT2D eigenvalue weighted by atomic mass is 9.83. The van der Waals surface area contributed by atoms with Crippen molar-refractivity contribution in [3.63, 3.8) is 0 Å². The Morgan fingerprint density at radius 2 is 1.59 bits per heavy atom. The van der Waals surface area contributed by atoms with Gasteiger partial charge in [-0.15, -0.1) is 0 Å². The first-order valence-corrected chi connectivity index (χ1v) is 14.8. The fraction of sp³-hybridized carbons (Fsp3) is 0.677. The number of carbonyl (C=O) groups is 4. The second-order valence-corrected chi connectivity index (χ2v) is 12.2. The third-order valence-corrected chi connectivity index (χ3v) is 7.63. The summed E-state index contributed by atoms with van der Waals surface area (Å²) in [5, 5.41) is 5.32. The zero-order chi connectivity index (χ0) is 30.7. The molecule has 0 aliphatic heterocycles. The molecule has 1 saturated carbocycles. The number of Topliss-reactive ketones (excluding diaryl/α,β-unsaturated/α-hetero) is 1. The Balaban J connectivity index is 2.28. The van der Waals surface area contributed by atoms with Gasteiger partial charge in [0.2, 0.25) is 23.5 Å². The lowest BCUT2D eigenvalue weighted by molar-refractivity contribution is -0.153. The highest BCUT2D eigenvalue weighted by molar-refractivity contribution is 5.96. The fourth-order valence-corrected chi connectivity index (χ4v) is 5.19. The van der Waals surface area contributed by atoms with Crippen LogP contribution in [0.4, 0.5) is 8.78 Å². The Kier molecular flexibility index (Phi) is 13.3. The standard InChI is InChI=1S/C31H48F2N4O4/c1-20(2)16-26(38)35-25(18-23-14-10-7-11-15-23)29(40)36-24(17-22-12-8-6-9-13-22)28(39)31(32,33)19-37(5)30(41)27(34)21(3)4/h7,10-11,14-15,20-22,24-25,27H,6,8-9,12-13,16-19,34H2,1-5H3,(H,35,38)(H,36,40)/t24?,25-,27-/m0/s1. The number of amides is 3. The molecule has 3 amide bonds. The van der Waals surface area contributed by atoms with Crippen LogP contribution in [0.1, 0.15) is 78.2 Å². The van der Waals surface area contributed by atoms with Crippen LogP contribution in [0.3, 0.4) is 0 Å². The highest BCUT2D eigenvalue weighted by Gasteiger charge is 2.46. The second-order valence-electron chi connectivity index (χ2n) is 12.2. The zero-order valence-electron chi connectivity index (χ0n) is 25.1. The van der Waals surface area contributed by atoms with E-state index in [-0.39, 0.29) is 42.9 Å². The number of rotatable bonds is 15. The molecule has 1 aliphatic rings. The first kappa shape index (κ1) is 34.3. The summed E-state index contributed by atoms with van der Waals surface area (Å²) in [6, 6.07) is 5.56. The summed E-state index contributed by atoms with van der Waals surface area (Å²) in [6.45, 7) is 6.04. The molecule has 0 saturated heterocycles. The van der Waals surface area contributed by atoms with Crippen molar-refractivity contribution in [1.29, 1.82) is 0 Å². The second kappa shape index (κ2) is 15.9. The first-order valence-electron chi connectivity index (χ1n) is 14.8. The Hall–Kier alpha value is -2.88. The molecule has 1 fully saturated rings. The smallest absolute Gasteiger partial charge is 0.324 e. The van der Waals surface area contributed by atoms with Crippen LogP contribution >= 0.6 is 0 Å². The van der Waals surface area contributed by atoms with Crippen molar-refractivity contribution in [3.8, 4) is 0 Å². The summed E-state index contributed by atoms with van der Waals surface area (Å²) in [5.74, 6) is -7.27. The molecule has 3 atom stereocenters. The quantitative estimate of drug-likeness (QED) is 0.292. The molecule has 41 heavy (non-hydrogen) atoms. The van der Waals surface area contributed by atoms with E-state index in [0.29, 0.717) is 0 Å². The SMILES string of the molecule is CC(C)CC(=O)N[C@@H](Cc1ccccc1)C(=O)NC(CC1CCCCC1)C(=O)C(F)(F)CN(C)C(=O)[C@@H](N)C(C)C. The Morgan fingerprint density at radius 1 is 0.976 bits per heavy atom. The number of likely N-dealkylation sites (N-methyl/N-ethyl adjacent to an activating group) is 1. The van der Waals surface area contributed by atoms with E-state index in [0.717, 1.165) is 42.6 Å². The predicted molar refractivity (Wildman–Crippen MR) is 155 cm³/mol. The molecular weight excluding hydrogens is 530 g/mol. The molecule has 0 radical (unpaired) electrons. The molecule has 8 nitrogen and oxygen atoms in total. The number of hydrogen-bond donors (Lipinski definition) is 3. The zero-order valence-corrected chi connectivity index (χ0v) is 25.1. The number of nitrogens with one attached hydrogen (secondary N) is 2. The Bertz CT molecular complexity index is 1010. The molecule has 0 bridgehead atoms. The van der Waals surface area contributed by atoms with Gasteiger partial charge in [0.15, 0.2) is 0 Å². The van der Waals surface area contributed by atoms with Crippen LogP contribution in [0, 0.1) is 17.8 Å². The van der Waals surface area contributed by atoms with Gasteiger partial charge in [0.25, 0.3) is 0 Å². The van der Waals surface area contributed by atoms with Gasteiger partial charge in [-0.1, -0.05) is 90.1 Å². The van der Waals surface area contributed by atoms with Gasteiger partial charge >= 0.3 is 5.92 Å². The summed E-state index contributed by atoms with van der Waals surface area (Å²) in [7, 11) is 1.20. The molecule has 10 heteroatoms. The average Bonchev–Trinajstić information content (AvgIpc) is 2.91. The van der Waals surface area contributed by atoms with Gasteiger partial charge in [-0.3, -0.25) is 19.2 Å². The van der Waals surface area contributed by atoms with E-state index in [1.165, 1.54) is 7.05 Å². The number of benzene rings is 1. The van der Waals surface area contributed by atoms with Crippen molar-refractivity contribution in [3.05, 3.63) is 35.9 Å². The van der Waals surface area contributed by atoms with Crippen molar-refractivity contribution >= 4 is 23.5 Å². The van der Waals surface area contributed by atoms with E-state index in [1.54, 1.807) is 26.0 Å². The van der Waals surface area contributed by atoms with Crippen molar-refractivity contribution < 1.29 is 28.0 Å². The molecule has 0 aromatic heterocycles. The third kappa shape index (κ3) is 11.1. The summed E-state index contributed by atoms with van der Waals surface area (Å²) >= 11 is 0. The maximum atomic E-state index is 15.4. The summed E-state index contributed by atoms with van der Waals surface area (Å²) < 4.78 is 30.9. The van der Waals surface area contributed by atoms with Crippen LogP contribution in [-0.2, 0) is 25.6 Å². The predicted octanol–water partition coefficient (Wildman–Crippen LogP) is 3.86. The number of alkyl halides is 2. The maximum Gasteiger partial charge on any atom is 0.324 e. The molecule has 1 unspecified atom stereocenters. The molecule has 1 aliphatic carbocycles. The van der Waals surface area contributed by atoms with Gasteiger partial charge in [-0.2, -0.15) is 8.78 Å². The number of hydrogen-bond acceptors (Lipinski definition) is 5. The highest BCUT2D eigenvalue weighted by atomic mass is 19.3. The number of halogens is 2. The Morgan fingerprint density at radius 3 is 2.15 bits per heavy atom. The maximum absolute atomic E-state index is 15.4. The molecule has 1 aromatic carbocycles. The van der Waals surface area contributed by atoms with Gasteiger partial charge in [0.05, 0.1) is 18.6 Å². The topological polar surface area (TPSA) is 122 Å². The van der Waals surface area contributed by atoms with Crippen LogP contribution in [-0.4, -0.2) is 66.0 Å². The van der Waals surface area contributed by atoms with E-state index in [4.69, 9.17) is 5.73 Å². The molecule has 230 valence electrons. The van der Waals surface area contributed by atoms with Crippen molar-refractivity contribution in [2.75, 3.05) is 13.6 Å². The van der Waals surface area contributed by atoms with Gasteiger partial charge in [0.1, 0.15) is 6.04 Å². The van der Waals surface area contributed by atoms with Crippen LogP contribution in [0.15, 0.2) is 30.3 Å². The van der Waals surface area contributed by atoms with Gasteiger partial charge in [-0.05, 0) is 29.7 Å². The van der Waals surface area contributed by atoms with Crippen molar-refractivity contribution in [1.82, 2.24) is 15.5 Å². The minimum Gasteiger partial charge on any atom is -0.344 e. The van der Waals surface area contributed by atoms with Crippen LogP contribution < -0.4 is 16.4 Å². The number of ketones is 1. The van der Waals surface area contributed by atoms with Gasteiger partial charge in [-0.25, -0.2) is 0 Å². The van der Waals surface area contributed by atoms with E-state index >= 15 is 8.78 Å². The largest absolute Gasteiger partial charge is 0.344 e. The van der Waals surface area contributed by atoms with Gasteiger partial charge in [0, 0.05) is 19.9 Å². The van der Waals surface area contributed by atoms with E-state index in [9.17, 15) is 19.2 Å². The number of nitrogens with zero attached hydrogens (tertiary/aromatic N) is 1. The third-order valence-electron chi connectivity index (χ3n) is 7.63. The normalized spacial score (nSPS) is 16.6. The lowest BCUT2D eigenvalue weighted by Gasteiger charge is -2.32. The summed E-state index contributed by atoms with van der Waals surface area (Å²) in [4.78, 5) is 52.8. The highest BCUT2D eigenvalue weighted by Crippen LogP contribution is 2.30. The lowest BCUT2D eigenvalue weighted by Crippen LogP contribution is -2.58. The van der Waals surface area contributed by atoms with Crippen LogP contribution in [0.2, 0.25) is 0 Å². The summed E-state index contributed by atoms with van der Waals surface area (Å²) in [6.07, 6.45) is 4.88. The van der Waals surface area contributed by atoms with E-state index in [1.807, 2.05) is 32.0 Å². The van der Waals surface area contributed by atoms with Crippen LogP contribution in [0.25, 0.3) is 0 Å². The van der Waals surface area contributed by atoms with Crippen molar-refractivity contribution in [2.24, 2.45) is 23.5 Å². The van der Waals surface area contributed by atoms with E-state index < -0.39 is 48.2 Å². The Labute approximate surface area is 243 Å². The summed E-state index contributed by atoms with van der Waals surface area (Å²) in [5.41, 5.74) is 6.64. The van der Waals surface area contributed by atoms with Crippen molar-refractivity contribution in [2.45, 2.75) is 103 Å². The average molecular weight is 579 g/mol. The minimum atomic E-state index is -3.91. The number of carbonyl (C=O) groups excluding carboxylic acids is 4. The first-order chi connectivity index (χ1) is 19.2. The number of nitrogens with two attached hydrogens (primary N) is 1. The molecule has 2 rings (SSSR count). The monoisotopic (exact) mass is 578 g/mol. The minimum absolute atomic E-state index is 0.00521.